The predicted octanol–water partition coefficient (Wildman–Crippen LogP) is 4.03. The Morgan fingerprint density at radius 2 is 2.12 bits per heavy atom. The van der Waals surface area contributed by atoms with Gasteiger partial charge in [-0.05, 0) is 30.3 Å². The highest BCUT2D eigenvalue weighted by atomic mass is 35.5. The van der Waals surface area contributed by atoms with Gasteiger partial charge in [-0.1, -0.05) is 29.8 Å². The van der Waals surface area contributed by atoms with E-state index in [0.29, 0.717) is 35.4 Å². The van der Waals surface area contributed by atoms with E-state index in [1.54, 1.807) is 30.2 Å². The predicted molar refractivity (Wildman–Crippen MR) is 97.6 cm³/mol. The molecule has 1 amide bonds. The van der Waals surface area contributed by atoms with Crippen LogP contribution in [-0.2, 0) is 4.79 Å². The molecule has 0 spiro atoms. The lowest BCUT2D eigenvalue weighted by Crippen LogP contribution is -2.29. The number of para-hydroxylation sites is 2. The van der Waals surface area contributed by atoms with Crippen molar-refractivity contribution in [1.82, 2.24) is 9.88 Å². The molecule has 1 aromatic heterocycles. The van der Waals surface area contributed by atoms with Gasteiger partial charge in [0.15, 0.2) is 5.58 Å². The summed E-state index contributed by atoms with van der Waals surface area (Å²) in [5.41, 5.74) is 1.45. The van der Waals surface area contributed by atoms with Crippen LogP contribution in [0, 0.1) is 0 Å². The third kappa shape index (κ3) is 4.61. The van der Waals surface area contributed by atoms with Crippen LogP contribution in [0.3, 0.4) is 0 Å². The number of amides is 1. The lowest BCUT2D eigenvalue weighted by atomic mass is 10.3. The number of carbonyl (C=O) groups excluding carboxylic acids is 1. The number of rotatable bonds is 6. The minimum absolute atomic E-state index is 0.156. The van der Waals surface area contributed by atoms with Crippen molar-refractivity contribution in [3.63, 3.8) is 0 Å². The number of halogens is 1. The third-order valence-corrected chi connectivity index (χ3v) is 3.78. The highest BCUT2D eigenvalue weighted by Gasteiger charge is 2.07. The maximum Gasteiger partial charge on any atom is 0.246 e. The van der Waals surface area contributed by atoms with Crippen LogP contribution in [0.5, 0.6) is 5.75 Å². The molecule has 3 aromatic rings. The molecule has 1 heterocycles. The Balaban J connectivity index is 1.51. The van der Waals surface area contributed by atoms with Gasteiger partial charge < -0.3 is 14.1 Å². The molecule has 25 heavy (non-hydrogen) atoms. The zero-order chi connectivity index (χ0) is 17.6. The summed E-state index contributed by atoms with van der Waals surface area (Å²) in [6.45, 7) is 0.822. The first-order valence-corrected chi connectivity index (χ1v) is 8.17. The van der Waals surface area contributed by atoms with Gasteiger partial charge in [0, 0.05) is 24.2 Å². The lowest BCUT2D eigenvalue weighted by molar-refractivity contribution is -0.125. The number of carbonyl (C=O) groups is 1. The maximum atomic E-state index is 12.1. The summed E-state index contributed by atoms with van der Waals surface area (Å²) >= 11 is 5.90. The fraction of sp³-hybridized carbons (Fsp3) is 0.158. The molecule has 2 aromatic carbocycles. The molecule has 0 atom stereocenters. The Morgan fingerprint density at radius 1 is 1.28 bits per heavy atom. The van der Waals surface area contributed by atoms with Gasteiger partial charge in [0.05, 0.1) is 6.54 Å². The third-order valence-electron chi connectivity index (χ3n) is 3.55. The average Bonchev–Trinajstić information content (AvgIpc) is 3.02. The average molecular weight is 357 g/mol. The van der Waals surface area contributed by atoms with E-state index < -0.39 is 0 Å². The number of ether oxygens (including phenoxy) is 1. The van der Waals surface area contributed by atoms with Crippen LogP contribution < -0.4 is 4.74 Å². The first-order valence-electron chi connectivity index (χ1n) is 7.79. The zero-order valence-electron chi connectivity index (χ0n) is 13.7. The number of fused-ring (bicyclic) bond motifs is 1. The van der Waals surface area contributed by atoms with Gasteiger partial charge in [-0.3, -0.25) is 4.79 Å². The molecular formula is C19H17ClN2O3. The van der Waals surface area contributed by atoms with Gasteiger partial charge in [0.1, 0.15) is 17.9 Å². The highest BCUT2D eigenvalue weighted by molar-refractivity contribution is 6.30. The summed E-state index contributed by atoms with van der Waals surface area (Å²) in [5.74, 6) is 0.922. The second-order valence-electron chi connectivity index (χ2n) is 5.42. The Labute approximate surface area is 150 Å². The van der Waals surface area contributed by atoms with E-state index in [1.807, 2.05) is 36.4 Å². The van der Waals surface area contributed by atoms with Crippen molar-refractivity contribution in [3.05, 3.63) is 65.5 Å². The minimum Gasteiger partial charge on any atom is -0.492 e. The van der Waals surface area contributed by atoms with E-state index in [0.717, 1.165) is 5.52 Å². The molecular weight excluding hydrogens is 340 g/mol. The summed E-state index contributed by atoms with van der Waals surface area (Å²) < 4.78 is 11.1. The zero-order valence-corrected chi connectivity index (χ0v) is 14.4. The second kappa shape index (κ2) is 7.85. The molecule has 0 aliphatic carbocycles. The molecule has 0 radical (unpaired) electrons. The number of nitrogens with zero attached hydrogens (tertiary/aromatic N) is 2. The molecule has 0 unspecified atom stereocenters. The number of hydrogen-bond acceptors (Lipinski definition) is 4. The molecule has 0 aliphatic rings. The fourth-order valence-corrected chi connectivity index (χ4v) is 2.38. The molecule has 0 saturated heterocycles. The van der Waals surface area contributed by atoms with Crippen molar-refractivity contribution >= 4 is 34.7 Å². The van der Waals surface area contributed by atoms with Crippen molar-refractivity contribution in [3.8, 4) is 5.75 Å². The van der Waals surface area contributed by atoms with Crippen molar-refractivity contribution in [2.24, 2.45) is 0 Å². The van der Waals surface area contributed by atoms with Crippen LogP contribution in [0.1, 0.15) is 5.89 Å². The van der Waals surface area contributed by atoms with E-state index in [2.05, 4.69) is 4.98 Å². The van der Waals surface area contributed by atoms with Crippen LogP contribution in [0.2, 0.25) is 5.02 Å². The van der Waals surface area contributed by atoms with Crippen molar-refractivity contribution in [1.29, 1.82) is 0 Å². The second-order valence-corrected chi connectivity index (χ2v) is 5.86. The van der Waals surface area contributed by atoms with E-state index in [-0.39, 0.29) is 5.91 Å². The van der Waals surface area contributed by atoms with E-state index >= 15 is 0 Å². The highest BCUT2D eigenvalue weighted by Crippen LogP contribution is 2.17. The van der Waals surface area contributed by atoms with Gasteiger partial charge >= 0.3 is 0 Å². The summed E-state index contributed by atoms with van der Waals surface area (Å²) in [5, 5.41) is 0.614. The number of aromatic nitrogens is 1. The van der Waals surface area contributed by atoms with Crippen LogP contribution in [0.15, 0.2) is 59.0 Å². The van der Waals surface area contributed by atoms with Gasteiger partial charge in [-0.25, -0.2) is 4.98 Å². The van der Waals surface area contributed by atoms with E-state index in [4.69, 9.17) is 20.8 Å². The minimum atomic E-state index is -0.156. The largest absolute Gasteiger partial charge is 0.492 e. The van der Waals surface area contributed by atoms with Gasteiger partial charge in [0.2, 0.25) is 11.8 Å². The van der Waals surface area contributed by atoms with E-state index in [9.17, 15) is 4.79 Å². The quantitative estimate of drug-likeness (QED) is 0.626. The molecule has 0 saturated carbocycles. The van der Waals surface area contributed by atoms with Crippen LogP contribution in [0.4, 0.5) is 0 Å². The lowest BCUT2D eigenvalue weighted by Gasteiger charge is -2.15. The molecule has 6 heteroatoms. The fourth-order valence-electron chi connectivity index (χ4n) is 2.20. The normalized spacial score (nSPS) is 11.1. The Hall–Kier alpha value is -2.79. The van der Waals surface area contributed by atoms with Crippen LogP contribution in [-0.4, -0.2) is 36.0 Å². The van der Waals surface area contributed by atoms with Gasteiger partial charge in [-0.2, -0.15) is 0 Å². The number of hydrogen-bond donors (Lipinski definition) is 0. The molecule has 0 fully saturated rings. The Kier molecular flexibility index (Phi) is 5.36. The Morgan fingerprint density at radius 3 is 2.92 bits per heavy atom. The molecule has 128 valence electrons. The van der Waals surface area contributed by atoms with E-state index in [1.165, 1.54) is 6.08 Å². The van der Waals surface area contributed by atoms with Gasteiger partial charge in [-0.15, -0.1) is 0 Å². The summed E-state index contributed by atoms with van der Waals surface area (Å²) in [6.07, 6.45) is 3.00. The molecule has 3 rings (SSSR count). The topological polar surface area (TPSA) is 55.6 Å². The maximum absolute atomic E-state index is 12.1. The summed E-state index contributed by atoms with van der Waals surface area (Å²) in [4.78, 5) is 18.0. The number of benzene rings is 2. The summed E-state index contributed by atoms with van der Waals surface area (Å²) in [6, 6.07) is 14.6. The Bertz CT molecular complexity index is 871. The van der Waals surface area contributed by atoms with Crippen molar-refractivity contribution < 1.29 is 13.9 Å². The molecule has 5 nitrogen and oxygen atoms in total. The molecule has 0 bridgehead atoms. The number of oxazole rings is 1. The first-order chi connectivity index (χ1) is 12.1. The van der Waals surface area contributed by atoms with Crippen LogP contribution >= 0.6 is 11.6 Å². The summed E-state index contributed by atoms with van der Waals surface area (Å²) in [7, 11) is 1.71. The van der Waals surface area contributed by atoms with Crippen molar-refractivity contribution in [2.45, 2.75) is 0 Å². The number of likely N-dealkylation sites (N-methyl/N-ethyl adjacent to an activating group) is 1. The van der Waals surface area contributed by atoms with Crippen molar-refractivity contribution in [2.75, 3.05) is 20.2 Å². The first kappa shape index (κ1) is 17.0. The SMILES string of the molecule is CN(CCOc1cccc(Cl)c1)C(=O)/C=C/c1nc2ccccc2o1. The smallest absolute Gasteiger partial charge is 0.246 e. The standard InChI is InChI=1S/C19H17ClN2O3/c1-22(11-12-24-15-6-4-5-14(20)13-15)19(23)10-9-18-21-16-7-2-3-8-17(16)25-18/h2-10,13H,11-12H2,1H3/b10-9+. The molecule has 0 N–H and O–H groups in total. The molecule has 0 aliphatic heterocycles. The monoisotopic (exact) mass is 356 g/mol. The van der Waals surface area contributed by atoms with Gasteiger partial charge in [0.25, 0.3) is 0 Å². The van der Waals surface area contributed by atoms with Crippen LogP contribution in [0.25, 0.3) is 17.2 Å².